The minimum absolute atomic E-state index is 0.318. The molecule has 1 aromatic carbocycles. The zero-order valence-electron chi connectivity index (χ0n) is 10.2. The van der Waals surface area contributed by atoms with Gasteiger partial charge in [0.25, 0.3) is 0 Å². The minimum atomic E-state index is 0.318. The van der Waals surface area contributed by atoms with E-state index in [0.29, 0.717) is 21.6 Å². The molecule has 1 heterocycles. The predicted molar refractivity (Wildman–Crippen MR) is 81.4 cm³/mol. The first-order valence-electron chi connectivity index (χ1n) is 5.46. The number of anilines is 2. The van der Waals surface area contributed by atoms with Crippen LogP contribution in [0.15, 0.2) is 36.5 Å². The molecule has 0 saturated carbocycles. The fourth-order valence-electron chi connectivity index (χ4n) is 1.48. The van der Waals surface area contributed by atoms with Gasteiger partial charge in [0.1, 0.15) is 16.6 Å². The number of methoxy groups -OCH3 is 1. The molecule has 0 unspecified atom stereocenters. The maximum Gasteiger partial charge on any atom is 0.130 e. The zero-order valence-corrected chi connectivity index (χ0v) is 11.8. The Morgan fingerprint density at radius 2 is 2.16 bits per heavy atom. The van der Waals surface area contributed by atoms with E-state index in [2.05, 4.69) is 10.3 Å². The van der Waals surface area contributed by atoms with Crippen molar-refractivity contribution >= 4 is 40.3 Å². The van der Waals surface area contributed by atoms with E-state index in [1.165, 1.54) is 0 Å². The number of ether oxygens (including phenoxy) is 1. The Morgan fingerprint density at radius 3 is 2.74 bits per heavy atom. The molecule has 6 heteroatoms. The number of hydrogen-bond acceptors (Lipinski definition) is 4. The number of aromatic nitrogens is 1. The molecular weight excluding hydrogens is 282 g/mol. The van der Waals surface area contributed by atoms with Gasteiger partial charge < -0.3 is 15.8 Å². The Bertz CT molecular complexity index is 601. The van der Waals surface area contributed by atoms with Crippen LogP contribution in [0.25, 0.3) is 0 Å². The van der Waals surface area contributed by atoms with Crippen molar-refractivity contribution in [3.8, 4) is 5.75 Å². The first-order valence-corrected chi connectivity index (χ1v) is 6.25. The molecule has 2 aromatic rings. The Morgan fingerprint density at radius 1 is 1.37 bits per heavy atom. The summed E-state index contributed by atoms with van der Waals surface area (Å²) in [5, 5.41) is 3.69. The lowest BCUT2D eigenvalue weighted by molar-refractivity contribution is 0.415. The molecule has 98 valence electrons. The highest BCUT2D eigenvalue weighted by Crippen LogP contribution is 2.28. The van der Waals surface area contributed by atoms with Crippen LogP contribution in [-0.4, -0.2) is 17.1 Å². The van der Waals surface area contributed by atoms with Gasteiger partial charge in [-0.15, -0.1) is 0 Å². The van der Waals surface area contributed by atoms with Crippen LogP contribution in [0.2, 0.25) is 5.02 Å². The third-order valence-corrected chi connectivity index (χ3v) is 3.05. The van der Waals surface area contributed by atoms with Crippen molar-refractivity contribution in [3.05, 3.63) is 47.1 Å². The molecule has 0 saturated heterocycles. The fraction of sp³-hybridized carbons (Fsp3) is 0.0769. The number of halogens is 1. The van der Waals surface area contributed by atoms with E-state index in [-0.39, 0.29) is 0 Å². The van der Waals surface area contributed by atoms with Gasteiger partial charge >= 0.3 is 0 Å². The summed E-state index contributed by atoms with van der Waals surface area (Å²) in [6, 6.07) is 8.92. The van der Waals surface area contributed by atoms with Crippen LogP contribution in [0.5, 0.6) is 5.75 Å². The summed E-state index contributed by atoms with van der Waals surface area (Å²) >= 11 is 11.0. The van der Waals surface area contributed by atoms with Gasteiger partial charge in [0.05, 0.1) is 17.8 Å². The summed E-state index contributed by atoms with van der Waals surface area (Å²) in [6.45, 7) is 0. The fourth-order valence-corrected chi connectivity index (χ4v) is 1.76. The van der Waals surface area contributed by atoms with Gasteiger partial charge in [-0.1, -0.05) is 23.8 Å². The molecule has 0 radical (unpaired) electrons. The van der Waals surface area contributed by atoms with Crippen LogP contribution in [0.1, 0.15) is 5.56 Å². The zero-order chi connectivity index (χ0) is 13.8. The van der Waals surface area contributed by atoms with E-state index in [9.17, 15) is 0 Å². The summed E-state index contributed by atoms with van der Waals surface area (Å²) in [5.74, 6) is 1.36. The maximum absolute atomic E-state index is 6.10. The van der Waals surface area contributed by atoms with Crippen LogP contribution in [-0.2, 0) is 0 Å². The van der Waals surface area contributed by atoms with Crippen molar-refractivity contribution in [2.24, 2.45) is 5.73 Å². The van der Waals surface area contributed by atoms with Crippen LogP contribution in [0.3, 0.4) is 0 Å². The van der Waals surface area contributed by atoms with Gasteiger partial charge in [-0.3, -0.25) is 0 Å². The quantitative estimate of drug-likeness (QED) is 0.848. The molecule has 19 heavy (non-hydrogen) atoms. The Labute approximate surface area is 121 Å². The molecule has 4 nitrogen and oxygen atoms in total. The molecule has 1 aromatic heterocycles. The molecule has 0 fully saturated rings. The van der Waals surface area contributed by atoms with Gasteiger partial charge in [0, 0.05) is 17.8 Å². The third-order valence-electron chi connectivity index (χ3n) is 2.48. The number of pyridine rings is 1. The monoisotopic (exact) mass is 293 g/mol. The molecule has 0 aliphatic heterocycles. The molecule has 0 atom stereocenters. The summed E-state index contributed by atoms with van der Waals surface area (Å²) in [5.41, 5.74) is 6.95. The third kappa shape index (κ3) is 3.33. The smallest absolute Gasteiger partial charge is 0.130 e. The summed E-state index contributed by atoms with van der Waals surface area (Å²) in [7, 11) is 1.60. The highest BCUT2D eigenvalue weighted by molar-refractivity contribution is 7.80. The number of nitrogens with zero attached hydrogens (tertiary/aromatic N) is 1. The number of nitrogens with two attached hydrogens (primary N) is 1. The lowest BCUT2D eigenvalue weighted by atomic mass is 10.2. The lowest BCUT2D eigenvalue weighted by Gasteiger charge is -2.09. The standard InChI is InChI=1S/C13H12ClN3OS/c1-18-9-3-4-10(14)11(6-9)17-12-5-2-8(7-16-12)13(15)19/h2-7H,1H3,(H2,15,19)(H,16,17). The summed E-state index contributed by atoms with van der Waals surface area (Å²) in [4.78, 5) is 4.53. The second-order valence-corrected chi connectivity index (χ2v) is 4.61. The highest BCUT2D eigenvalue weighted by Gasteiger charge is 2.04. The molecule has 2 rings (SSSR count). The number of benzene rings is 1. The van der Waals surface area contributed by atoms with Crippen molar-refractivity contribution < 1.29 is 4.74 Å². The van der Waals surface area contributed by atoms with Gasteiger partial charge in [0.15, 0.2) is 0 Å². The lowest BCUT2D eigenvalue weighted by Crippen LogP contribution is -2.09. The second kappa shape index (κ2) is 5.86. The summed E-state index contributed by atoms with van der Waals surface area (Å²) in [6.07, 6.45) is 1.61. The van der Waals surface area contributed by atoms with Crippen molar-refractivity contribution in [1.82, 2.24) is 4.98 Å². The van der Waals surface area contributed by atoms with E-state index in [1.54, 1.807) is 43.6 Å². The molecule has 0 spiro atoms. The highest BCUT2D eigenvalue weighted by atomic mass is 35.5. The number of hydrogen-bond donors (Lipinski definition) is 2. The Balaban J connectivity index is 2.23. The molecule has 3 N–H and O–H groups in total. The Kier molecular flexibility index (Phi) is 4.19. The SMILES string of the molecule is COc1ccc(Cl)c(Nc2ccc(C(N)=S)cn2)c1. The van der Waals surface area contributed by atoms with Crippen LogP contribution in [0, 0.1) is 0 Å². The van der Waals surface area contributed by atoms with Gasteiger partial charge in [-0.25, -0.2) is 4.98 Å². The van der Waals surface area contributed by atoms with Gasteiger partial charge in [-0.2, -0.15) is 0 Å². The largest absolute Gasteiger partial charge is 0.497 e. The minimum Gasteiger partial charge on any atom is -0.497 e. The molecule has 0 amide bonds. The van der Waals surface area contributed by atoms with Crippen LogP contribution in [0.4, 0.5) is 11.5 Å². The molecule has 0 aliphatic rings. The predicted octanol–water partition coefficient (Wildman–Crippen LogP) is 3.12. The maximum atomic E-state index is 6.10. The van der Waals surface area contributed by atoms with Crippen molar-refractivity contribution in [3.63, 3.8) is 0 Å². The number of nitrogens with one attached hydrogen (secondary N) is 1. The van der Waals surface area contributed by atoms with Crippen LogP contribution < -0.4 is 15.8 Å². The van der Waals surface area contributed by atoms with Crippen molar-refractivity contribution in [2.75, 3.05) is 12.4 Å². The van der Waals surface area contributed by atoms with Gasteiger partial charge in [-0.05, 0) is 24.3 Å². The van der Waals surface area contributed by atoms with Crippen LogP contribution >= 0.6 is 23.8 Å². The molecule has 0 bridgehead atoms. The second-order valence-electron chi connectivity index (χ2n) is 3.77. The average Bonchev–Trinajstić information content (AvgIpc) is 2.42. The normalized spacial score (nSPS) is 10.0. The van der Waals surface area contributed by atoms with Crippen molar-refractivity contribution in [1.29, 1.82) is 0 Å². The Hall–Kier alpha value is -1.85. The van der Waals surface area contributed by atoms with E-state index in [4.69, 9.17) is 34.3 Å². The average molecular weight is 294 g/mol. The first kappa shape index (κ1) is 13.6. The molecular formula is C13H12ClN3OS. The number of rotatable bonds is 4. The molecule has 0 aliphatic carbocycles. The topological polar surface area (TPSA) is 60.2 Å². The summed E-state index contributed by atoms with van der Waals surface area (Å²) < 4.78 is 5.15. The van der Waals surface area contributed by atoms with Crippen molar-refractivity contribution in [2.45, 2.75) is 0 Å². The van der Waals surface area contributed by atoms with E-state index < -0.39 is 0 Å². The van der Waals surface area contributed by atoms with E-state index >= 15 is 0 Å². The van der Waals surface area contributed by atoms with Gasteiger partial charge in [0.2, 0.25) is 0 Å². The number of thiocarbonyl (C=S) groups is 1. The first-order chi connectivity index (χ1) is 9.10. The van der Waals surface area contributed by atoms with E-state index in [1.807, 2.05) is 0 Å². The van der Waals surface area contributed by atoms with E-state index in [0.717, 1.165) is 11.3 Å².